The van der Waals surface area contributed by atoms with Crippen molar-refractivity contribution in [3.8, 4) is 0 Å². The molecule has 1 amide bonds. The molecule has 0 aromatic rings. The van der Waals surface area contributed by atoms with Crippen LogP contribution in [-0.4, -0.2) is 75.2 Å². The van der Waals surface area contributed by atoms with E-state index in [4.69, 9.17) is 4.74 Å². The van der Waals surface area contributed by atoms with Gasteiger partial charge in [0.15, 0.2) is 0 Å². The van der Waals surface area contributed by atoms with E-state index < -0.39 is 0 Å². The number of likely N-dealkylation sites (tertiary alicyclic amines) is 2. The summed E-state index contributed by atoms with van der Waals surface area (Å²) in [4.78, 5) is 17.2. The predicted molar refractivity (Wildman–Crippen MR) is 91.4 cm³/mol. The van der Waals surface area contributed by atoms with Crippen LogP contribution in [0.3, 0.4) is 0 Å². The van der Waals surface area contributed by atoms with E-state index in [2.05, 4.69) is 22.2 Å². The molecule has 5 nitrogen and oxygen atoms in total. The number of methoxy groups -OCH3 is 1. The Kier molecular flexibility index (Phi) is 5.60. The molecule has 2 heterocycles. The van der Waals surface area contributed by atoms with Crippen molar-refractivity contribution in [2.75, 3.05) is 53.5 Å². The molecule has 0 aromatic carbocycles. The summed E-state index contributed by atoms with van der Waals surface area (Å²) in [5, 5.41) is 3.68. The maximum Gasteiger partial charge on any atom is 0.225 e. The van der Waals surface area contributed by atoms with E-state index in [1.807, 2.05) is 0 Å². The Bertz CT molecular complexity index is 395. The average molecular weight is 323 g/mol. The van der Waals surface area contributed by atoms with E-state index in [0.29, 0.717) is 5.91 Å². The van der Waals surface area contributed by atoms with Crippen molar-refractivity contribution >= 4 is 5.91 Å². The van der Waals surface area contributed by atoms with E-state index >= 15 is 0 Å². The second-order valence-corrected chi connectivity index (χ2v) is 7.99. The Morgan fingerprint density at radius 1 is 1.13 bits per heavy atom. The molecule has 2 aliphatic heterocycles. The Morgan fingerprint density at radius 3 is 2.35 bits per heavy atom. The molecule has 1 N–H and O–H groups in total. The van der Waals surface area contributed by atoms with Crippen molar-refractivity contribution in [2.45, 2.75) is 44.6 Å². The predicted octanol–water partition coefficient (Wildman–Crippen LogP) is 1.34. The molecular weight excluding hydrogens is 290 g/mol. The van der Waals surface area contributed by atoms with Gasteiger partial charge in [-0.2, -0.15) is 0 Å². The third-order valence-corrected chi connectivity index (χ3v) is 6.00. The lowest BCUT2D eigenvalue weighted by atomic mass is 9.78. The SMILES string of the molecule is COCC1(CNC2CC2)CCN(C(=O)C2CCN(C)CC2)CC1. The first-order valence-electron chi connectivity index (χ1n) is 9.31. The number of ether oxygens (including phenoxy) is 1. The Balaban J connectivity index is 1.50. The van der Waals surface area contributed by atoms with Gasteiger partial charge in [-0.3, -0.25) is 4.79 Å². The maximum atomic E-state index is 12.8. The molecule has 0 unspecified atom stereocenters. The van der Waals surface area contributed by atoms with Gasteiger partial charge in [-0.05, 0) is 58.7 Å². The van der Waals surface area contributed by atoms with Crippen LogP contribution in [0.1, 0.15) is 38.5 Å². The second kappa shape index (κ2) is 7.49. The first kappa shape index (κ1) is 17.2. The molecule has 2 saturated heterocycles. The van der Waals surface area contributed by atoms with E-state index in [1.54, 1.807) is 7.11 Å². The molecule has 0 spiro atoms. The van der Waals surface area contributed by atoms with Gasteiger partial charge < -0.3 is 19.9 Å². The maximum absolute atomic E-state index is 12.8. The average Bonchev–Trinajstić information content (AvgIpc) is 3.39. The topological polar surface area (TPSA) is 44.8 Å². The van der Waals surface area contributed by atoms with E-state index in [9.17, 15) is 4.79 Å². The fourth-order valence-corrected chi connectivity index (χ4v) is 4.04. The van der Waals surface area contributed by atoms with Crippen LogP contribution in [0, 0.1) is 11.3 Å². The zero-order chi connectivity index (χ0) is 16.3. The van der Waals surface area contributed by atoms with Gasteiger partial charge in [0.25, 0.3) is 0 Å². The third kappa shape index (κ3) is 4.46. The zero-order valence-electron chi connectivity index (χ0n) is 14.9. The highest BCUT2D eigenvalue weighted by atomic mass is 16.5. The first-order chi connectivity index (χ1) is 11.1. The van der Waals surface area contributed by atoms with Crippen molar-refractivity contribution < 1.29 is 9.53 Å². The molecule has 23 heavy (non-hydrogen) atoms. The smallest absolute Gasteiger partial charge is 0.225 e. The summed E-state index contributed by atoms with van der Waals surface area (Å²) >= 11 is 0. The van der Waals surface area contributed by atoms with Crippen LogP contribution in [0.5, 0.6) is 0 Å². The summed E-state index contributed by atoms with van der Waals surface area (Å²) in [6.45, 7) is 5.78. The van der Waals surface area contributed by atoms with Crippen LogP contribution in [0.2, 0.25) is 0 Å². The van der Waals surface area contributed by atoms with Gasteiger partial charge in [0.2, 0.25) is 5.91 Å². The summed E-state index contributed by atoms with van der Waals surface area (Å²) < 4.78 is 5.51. The van der Waals surface area contributed by atoms with Crippen LogP contribution in [-0.2, 0) is 9.53 Å². The number of hydrogen-bond acceptors (Lipinski definition) is 4. The number of carbonyl (C=O) groups is 1. The molecule has 132 valence electrons. The van der Waals surface area contributed by atoms with Gasteiger partial charge in [-0.1, -0.05) is 0 Å². The summed E-state index contributed by atoms with van der Waals surface area (Å²) in [5.74, 6) is 0.657. The molecule has 3 fully saturated rings. The molecular formula is C18H33N3O2. The third-order valence-electron chi connectivity index (χ3n) is 6.00. The molecule has 0 radical (unpaired) electrons. The number of amides is 1. The van der Waals surface area contributed by atoms with Crippen molar-refractivity contribution in [3.05, 3.63) is 0 Å². The largest absolute Gasteiger partial charge is 0.384 e. The highest BCUT2D eigenvalue weighted by Gasteiger charge is 2.38. The van der Waals surface area contributed by atoms with Gasteiger partial charge in [-0.15, -0.1) is 0 Å². The number of rotatable bonds is 6. The number of carbonyl (C=O) groups excluding carboxylic acids is 1. The standard InChI is InChI=1S/C18H33N3O2/c1-20-9-5-15(6-10-20)17(22)21-11-7-18(8-12-21,14-23-2)13-19-16-3-4-16/h15-16,19H,3-14H2,1-2H3. The lowest BCUT2D eigenvalue weighted by molar-refractivity contribution is -0.140. The fourth-order valence-electron chi connectivity index (χ4n) is 4.04. The van der Waals surface area contributed by atoms with E-state index in [1.165, 1.54) is 12.8 Å². The monoisotopic (exact) mass is 323 g/mol. The van der Waals surface area contributed by atoms with Gasteiger partial charge >= 0.3 is 0 Å². The van der Waals surface area contributed by atoms with Crippen molar-refractivity contribution in [1.82, 2.24) is 15.1 Å². The minimum absolute atomic E-state index is 0.223. The summed E-state index contributed by atoms with van der Waals surface area (Å²) in [6.07, 6.45) is 6.84. The Morgan fingerprint density at radius 2 is 1.78 bits per heavy atom. The highest BCUT2D eigenvalue weighted by molar-refractivity contribution is 5.79. The fraction of sp³-hybridized carbons (Fsp3) is 0.944. The molecule has 5 heteroatoms. The van der Waals surface area contributed by atoms with Crippen LogP contribution in [0.4, 0.5) is 0 Å². The quantitative estimate of drug-likeness (QED) is 0.801. The minimum atomic E-state index is 0.223. The molecule has 3 aliphatic rings. The Hall–Kier alpha value is -0.650. The van der Waals surface area contributed by atoms with Crippen LogP contribution >= 0.6 is 0 Å². The van der Waals surface area contributed by atoms with E-state index in [-0.39, 0.29) is 11.3 Å². The molecule has 0 bridgehead atoms. The van der Waals surface area contributed by atoms with Crippen LogP contribution < -0.4 is 5.32 Å². The van der Waals surface area contributed by atoms with Crippen molar-refractivity contribution in [2.24, 2.45) is 11.3 Å². The Labute approximate surface area is 140 Å². The molecule has 1 saturated carbocycles. The minimum Gasteiger partial charge on any atom is -0.384 e. The van der Waals surface area contributed by atoms with Gasteiger partial charge in [0, 0.05) is 44.1 Å². The van der Waals surface area contributed by atoms with Crippen LogP contribution in [0.15, 0.2) is 0 Å². The summed E-state index contributed by atoms with van der Waals surface area (Å²) in [7, 11) is 3.95. The van der Waals surface area contributed by atoms with Gasteiger partial charge in [0.05, 0.1) is 6.61 Å². The van der Waals surface area contributed by atoms with Gasteiger partial charge in [-0.25, -0.2) is 0 Å². The summed E-state index contributed by atoms with van der Waals surface area (Å²) in [6, 6.07) is 0.739. The highest BCUT2D eigenvalue weighted by Crippen LogP contribution is 2.34. The normalized spacial score (nSPS) is 26.4. The van der Waals surface area contributed by atoms with Crippen molar-refractivity contribution in [3.63, 3.8) is 0 Å². The molecule has 1 aliphatic carbocycles. The molecule has 0 aromatic heterocycles. The summed E-state index contributed by atoms with van der Waals surface area (Å²) in [5.41, 5.74) is 0.223. The number of piperidine rings is 2. The first-order valence-corrected chi connectivity index (χ1v) is 9.31. The molecule has 0 atom stereocenters. The molecule has 3 rings (SSSR count). The lowest BCUT2D eigenvalue weighted by Gasteiger charge is -2.43. The number of nitrogens with one attached hydrogen (secondary N) is 1. The van der Waals surface area contributed by atoms with Crippen LogP contribution in [0.25, 0.3) is 0 Å². The lowest BCUT2D eigenvalue weighted by Crippen LogP contribution is -2.51. The van der Waals surface area contributed by atoms with Crippen molar-refractivity contribution in [1.29, 1.82) is 0 Å². The number of hydrogen-bond donors (Lipinski definition) is 1. The van der Waals surface area contributed by atoms with E-state index in [0.717, 1.165) is 71.1 Å². The number of nitrogens with zero attached hydrogens (tertiary/aromatic N) is 2. The zero-order valence-corrected chi connectivity index (χ0v) is 14.9. The second-order valence-electron chi connectivity index (χ2n) is 7.99. The van der Waals surface area contributed by atoms with Gasteiger partial charge in [0.1, 0.15) is 0 Å².